The number of aliphatic carboxylic acids is 1. The largest absolute Gasteiger partial charge is 0.480 e. The predicted octanol–water partition coefficient (Wildman–Crippen LogP) is 3.38. The molecular formula is C15H23NO3S. The molecule has 1 heterocycles. The van der Waals surface area contributed by atoms with Crippen LogP contribution in [-0.2, 0) is 11.2 Å². The number of thiophene rings is 1. The van der Waals surface area contributed by atoms with Gasteiger partial charge >= 0.3 is 5.97 Å². The molecule has 1 aromatic heterocycles. The number of nitrogens with one attached hydrogen (secondary N) is 1. The summed E-state index contributed by atoms with van der Waals surface area (Å²) in [5, 5.41) is 12.0. The van der Waals surface area contributed by atoms with E-state index >= 15 is 0 Å². The van der Waals surface area contributed by atoms with Crippen LogP contribution in [0.4, 0.5) is 0 Å². The second-order valence-electron chi connectivity index (χ2n) is 5.28. The Bertz CT molecular complexity index is 495. The van der Waals surface area contributed by atoms with Crippen molar-refractivity contribution in [3.8, 4) is 0 Å². The number of carbonyl (C=O) groups excluding carboxylic acids is 1. The molecule has 1 unspecified atom stereocenters. The van der Waals surface area contributed by atoms with E-state index in [9.17, 15) is 14.7 Å². The predicted molar refractivity (Wildman–Crippen MR) is 81.5 cm³/mol. The number of amides is 1. The summed E-state index contributed by atoms with van der Waals surface area (Å²) in [5.74, 6) is -1.28. The van der Waals surface area contributed by atoms with Gasteiger partial charge in [-0.15, -0.1) is 11.3 Å². The molecule has 2 N–H and O–H groups in total. The second kappa shape index (κ2) is 6.88. The normalized spacial score (nSPS) is 13.8. The third-order valence-corrected chi connectivity index (χ3v) is 4.47. The molecule has 0 aliphatic rings. The van der Waals surface area contributed by atoms with Crippen LogP contribution in [0.15, 0.2) is 6.07 Å². The van der Waals surface area contributed by atoms with Crippen LogP contribution in [0, 0.1) is 6.92 Å². The van der Waals surface area contributed by atoms with Crippen LogP contribution < -0.4 is 5.32 Å². The van der Waals surface area contributed by atoms with Crippen LogP contribution in [0.1, 0.15) is 60.1 Å². The summed E-state index contributed by atoms with van der Waals surface area (Å²) in [6.07, 6.45) is 3.09. The van der Waals surface area contributed by atoms with Crippen molar-refractivity contribution >= 4 is 23.2 Å². The monoisotopic (exact) mass is 297 g/mol. The molecule has 1 aromatic rings. The van der Waals surface area contributed by atoms with Crippen molar-refractivity contribution in [3.05, 3.63) is 21.4 Å². The van der Waals surface area contributed by atoms with E-state index in [0.29, 0.717) is 17.7 Å². The van der Waals surface area contributed by atoms with E-state index in [-0.39, 0.29) is 5.91 Å². The molecule has 5 heteroatoms. The Kier molecular flexibility index (Phi) is 5.74. The van der Waals surface area contributed by atoms with Gasteiger partial charge in [-0.3, -0.25) is 4.79 Å². The zero-order chi connectivity index (χ0) is 15.3. The van der Waals surface area contributed by atoms with E-state index in [1.165, 1.54) is 16.9 Å². The number of rotatable bonds is 7. The van der Waals surface area contributed by atoms with Crippen molar-refractivity contribution in [2.75, 3.05) is 0 Å². The number of carbonyl (C=O) groups is 2. The van der Waals surface area contributed by atoms with Crippen molar-refractivity contribution in [2.24, 2.45) is 0 Å². The summed E-state index contributed by atoms with van der Waals surface area (Å²) in [6.45, 7) is 7.56. The van der Waals surface area contributed by atoms with Crippen molar-refractivity contribution in [2.45, 2.75) is 58.9 Å². The highest BCUT2D eigenvalue weighted by Gasteiger charge is 2.34. The van der Waals surface area contributed by atoms with E-state index in [1.807, 2.05) is 19.9 Å². The minimum Gasteiger partial charge on any atom is -0.480 e. The Labute approximate surface area is 124 Å². The summed E-state index contributed by atoms with van der Waals surface area (Å²) in [7, 11) is 0. The van der Waals surface area contributed by atoms with Gasteiger partial charge in [-0.1, -0.05) is 26.7 Å². The highest BCUT2D eigenvalue weighted by Crippen LogP contribution is 2.24. The fraction of sp³-hybridized carbons (Fsp3) is 0.600. The van der Waals surface area contributed by atoms with Crippen molar-refractivity contribution in [3.63, 3.8) is 0 Å². The number of carboxylic acid groups (broad SMARTS) is 1. The van der Waals surface area contributed by atoms with Gasteiger partial charge in [0.25, 0.3) is 5.91 Å². The molecule has 1 amide bonds. The Morgan fingerprint density at radius 2 is 2.00 bits per heavy atom. The molecule has 0 aliphatic carbocycles. The van der Waals surface area contributed by atoms with Gasteiger partial charge < -0.3 is 10.4 Å². The number of aryl methyl sites for hydroxylation is 2. The van der Waals surface area contributed by atoms with Gasteiger partial charge in [0.05, 0.1) is 4.88 Å². The molecule has 0 saturated carbocycles. The molecule has 1 rings (SSSR count). The van der Waals surface area contributed by atoms with Gasteiger partial charge in [0, 0.05) is 4.88 Å². The van der Waals surface area contributed by atoms with Crippen molar-refractivity contribution in [1.29, 1.82) is 0 Å². The summed E-state index contributed by atoms with van der Waals surface area (Å²) >= 11 is 1.43. The quantitative estimate of drug-likeness (QED) is 0.810. The second-order valence-corrected chi connectivity index (χ2v) is 6.54. The highest BCUT2D eigenvalue weighted by atomic mass is 32.1. The molecule has 0 spiro atoms. The van der Waals surface area contributed by atoms with E-state index < -0.39 is 11.5 Å². The first-order valence-electron chi connectivity index (χ1n) is 6.99. The lowest BCUT2D eigenvalue weighted by molar-refractivity contribution is -0.144. The molecule has 112 valence electrons. The van der Waals surface area contributed by atoms with Gasteiger partial charge in [0.1, 0.15) is 5.54 Å². The first kappa shape index (κ1) is 16.7. The zero-order valence-electron chi connectivity index (χ0n) is 12.6. The Hall–Kier alpha value is -1.36. The SMILES string of the molecule is CCCc1cc(C(=O)NC(C)(CCC)C(=O)O)sc1C. The molecule has 0 bridgehead atoms. The highest BCUT2D eigenvalue weighted by molar-refractivity contribution is 7.14. The lowest BCUT2D eigenvalue weighted by Gasteiger charge is -2.25. The Morgan fingerprint density at radius 3 is 2.50 bits per heavy atom. The van der Waals surface area contributed by atoms with Gasteiger partial charge in [0.15, 0.2) is 0 Å². The lowest BCUT2D eigenvalue weighted by Crippen LogP contribution is -2.51. The van der Waals surface area contributed by atoms with Crippen LogP contribution in [0.2, 0.25) is 0 Å². The minimum absolute atomic E-state index is 0.293. The van der Waals surface area contributed by atoms with Crippen LogP contribution >= 0.6 is 11.3 Å². The Morgan fingerprint density at radius 1 is 1.35 bits per heavy atom. The molecule has 0 aliphatic heterocycles. The summed E-state index contributed by atoms with van der Waals surface area (Å²) in [5.41, 5.74) is -0.0237. The van der Waals surface area contributed by atoms with Crippen LogP contribution in [-0.4, -0.2) is 22.5 Å². The van der Waals surface area contributed by atoms with Gasteiger partial charge in [0.2, 0.25) is 0 Å². The summed E-state index contributed by atoms with van der Waals surface area (Å²) < 4.78 is 0. The number of carboxylic acids is 1. The van der Waals surface area contributed by atoms with Crippen molar-refractivity contribution < 1.29 is 14.7 Å². The van der Waals surface area contributed by atoms with Gasteiger partial charge in [-0.05, 0) is 38.3 Å². The molecule has 0 aromatic carbocycles. The maximum Gasteiger partial charge on any atom is 0.329 e. The Balaban J connectivity index is 2.89. The zero-order valence-corrected chi connectivity index (χ0v) is 13.4. The third kappa shape index (κ3) is 3.82. The lowest BCUT2D eigenvalue weighted by atomic mass is 9.96. The van der Waals surface area contributed by atoms with Gasteiger partial charge in [-0.25, -0.2) is 4.79 Å². The minimum atomic E-state index is -1.20. The maximum atomic E-state index is 12.2. The smallest absolute Gasteiger partial charge is 0.329 e. The summed E-state index contributed by atoms with van der Waals surface area (Å²) in [4.78, 5) is 25.3. The third-order valence-electron chi connectivity index (χ3n) is 3.38. The topological polar surface area (TPSA) is 66.4 Å². The number of hydrogen-bond donors (Lipinski definition) is 2. The molecule has 0 radical (unpaired) electrons. The van der Waals surface area contributed by atoms with E-state index in [0.717, 1.165) is 17.7 Å². The van der Waals surface area contributed by atoms with E-state index in [2.05, 4.69) is 12.2 Å². The fourth-order valence-corrected chi connectivity index (χ4v) is 3.15. The van der Waals surface area contributed by atoms with Crippen LogP contribution in [0.3, 0.4) is 0 Å². The molecule has 0 saturated heterocycles. The van der Waals surface area contributed by atoms with E-state index in [1.54, 1.807) is 6.92 Å². The molecule has 20 heavy (non-hydrogen) atoms. The first-order valence-corrected chi connectivity index (χ1v) is 7.81. The average Bonchev–Trinajstić information content (AvgIpc) is 2.72. The standard InChI is InChI=1S/C15H23NO3S/c1-5-7-11-9-12(20-10(11)3)13(17)16-15(4,8-6-2)14(18)19/h9H,5-8H2,1-4H3,(H,16,17)(H,18,19). The van der Waals surface area contributed by atoms with Crippen LogP contribution in [0.25, 0.3) is 0 Å². The van der Waals surface area contributed by atoms with Crippen LogP contribution in [0.5, 0.6) is 0 Å². The van der Waals surface area contributed by atoms with Crippen molar-refractivity contribution in [1.82, 2.24) is 5.32 Å². The maximum absolute atomic E-state index is 12.2. The van der Waals surface area contributed by atoms with Gasteiger partial charge in [-0.2, -0.15) is 0 Å². The first-order chi connectivity index (χ1) is 9.34. The fourth-order valence-electron chi connectivity index (χ4n) is 2.18. The van der Waals surface area contributed by atoms with E-state index in [4.69, 9.17) is 0 Å². The molecule has 4 nitrogen and oxygen atoms in total. The molecule has 1 atom stereocenters. The number of hydrogen-bond acceptors (Lipinski definition) is 3. The average molecular weight is 297 g/mol. The molecular weight excluding hydrogens is 274 g/mol. The molecule has 0 fully saturated rings. The summed E-state index contributed by atoms with van der Waals surface area (Å²) in [6, 6.07) is 1.88.